The van der Waals surface area contributed by atoms with Crippen molar-refractivity contribution in [3.63, 3.8) is 0 Å². The Labute approximate surface area is 213 Å². The first-order valence-electron chi connectivity index (χ1n) is 11.6. The Kier molecular flexibility index (Phi) is 9.40. The Morgan fingerprint density at radius 3 is 2.67 bits per heavy atom. The molecule has 2 aliphatic heterocycles. The van der Waals surface area contributed by atoms with Gasteiger partial charge in [0.2, 0.25) is 0 Å². The van der Waals surface area contributed by atoms with Gasteiger partial charge < -0.3 is 25.8 Å². The first kappa shape index (κ1) is 29.2. The highest BCUT2D eigenvalue weighted by molar-refractivity contribution is 8.13. The number of aliphatic hydroxyl groups is 3. The van der Waals surface area contributed by atoms with Crippen LogP contribution in [0.4, 0.5) is 5.82 Å². The monoisotopic (exact) mass is 550 g/mol. The molecule has 5 atom stereocenters. The second kappa shape index (κ2) is 11.6. The normalized spacial score (nSPS) is 28.9. The van der Waals surface area contributed by atoms with Crippen molar-refractivity contribution in [3.8, 4) is 0 Å². The summed E-state index contributed by atoms with van der Waals surface area (Å²) >= 11 is 0.971. The van der Waals surface area contributed by atoms with Crippen molar-refractivity contribution in [1.82, 2.24) is 14.2 Å². The third-order valence-electron chi connectivity index (χ3n) is 6.21. The van der Waals surface area contributed by atoms with Gasteiger partial charge in [-0.2, -0.15) is 4.98 Å². The lowest BCUT2D eigenvalue weighted by molar-refractivity contribution is -0.119. The molecule has 0 amide bonds. The maximum atomic E-state index is 13.6. The minimum Gasteiger partial charge on any atom is -0.395 e. The van der Waals surface area contributed by atoms with Crippen LogP contribution in [0.5, 0.6) is 0 Å². The van der Waals surface area contributed by atoms with Gasteiger partial charge in [0.15, 0.2) is 11.3 Å². The minimum absolute atomic E-state index is 0.00203. The molecule has 1 aromatic heterocycles. The van der Waals surface area contributed by atoms with Crippen LogP contribution in [-0.2, 0) is 23.1 Å². The van der Waals surface area contributed by atoms with Crippen LogP contribution in [0.25, 0.3) is 0 Å². The molecule has 36 heavy (non-hydrogen) atoms. The number of thioether (sulfide) groups is 1. The van der Waals surface area contributed by atoms with Crippen molar-refractivity contribution < 1.29 is 38.5 Å². The fraction of sp³-hybridized carbons (Fsp3) is 0.762. The number of hydrogen-bond donors (Lipinski definition) is 4. The topological polar surface area (TPSA) is 187 Å². The van der Waals surface area contributed by atoms with Crippen molar-refractivity contribution in [2.45, 2.75) is 57.6 Å². The highest BCUT2D eigenvalue weighted by Gasteiger charge is 2.54. The van der Waals surface area contributed by atoms with Crippen LogP contribution in [0.2, 0.25) is 0 Å². The minimum atomic E-state index is -3.81. The number of nitrogen functional groups attached to an aromatic ring is 1. The molecule has 0 aromatic carbocycles. The molecule has 5 N–H and O–H groups in total. The lowest BCUT2D eigenvalue weighted by Gasteiger charge is -2.28. The number of hydrogen-bond acceptors (Lipinski definition) is 12. The molecule has 0 spiro atoms. The lowest BCUT2D eigenvalue weighted by Crippen LogP contribution is -2.46. The Hall–Kier alpha value is -1.35. The summed E-state index contributed by atoms with van der Waals surface area (Å²) in [5.41, 5.74) is 1.97. The zero-order valence-corrected chi connectivity index (χ0v) is 22.3. The maximum absolute atomic E-state index is 13.6. The number of rotatable bonds is 11. The number of carbonyl (C=O) groups is 1. The molecule has 13 nitrogen and oxygen atoms in total. The number of aromatic nitrogens is 2. The van der Waals surface area contributed by atoms with E-state index in [2.05, 4.69) is 4.98 Å². The Morgan fingerprint density at radius 2 is 2.06 bits per heavy atom. The van der Waals surface area contributed by atoms with E-state index in [1.807, 2.05) is 0 Å². The van der Waals surface area contributed by atoms with Gasteiger partial charge in [0.1, 0.15) is 23.6 Å². The molecule has 2 saturated heterocycles. The molecule has 3 heterocycles. The van der Waals surface area contributed by atoms with Crippen LogP contribution < -0.4 is 11.4 Å². The van der Waals surface area contributed by atoms with Crippen LogP contribution in [0.1, 0.15) is 39.8 Å². The van der Waals surface area contributed by atoms with Gasteiger partial charge in [0.25, 0.3) is 0 Å². The zero-order chi connectivity index (χ0) is 26.7. The SMILES string of the molecule is CC(C)(CO)C(=O)SCCOP(=O)(OC[C@H]1O[C@@H](n2ccc(N)nc2=O)[C@@](C)(O)C1O)N1CCCC1. The van der Waals surface area contributed by atoms with E-state index in [1.54, 1.807) is 18.5 Å². The third-order valence-corrected chi connectivity index (χ3v) is 9.47. The summed E-state index contributed by atoms with van der Waals surface area (Å²) in [4.78, 5) is 28.1. The van der Waals surface area contributed by atoms with E-state index in [0.29, 0.717) is 13.1 Å². The predicted octanol–water partition coefficient (Wildman–Crippen LogP) is 0.350. The number of ether oxygens (including phenoxy) is 1. The van der Waals surface area contributed by atoms with Crippen molar-refractivity contribution in [2.24, 2.45) is 5.41 Å². The number of carbonyl (C=O) groups excluding carboxylic acids is 1. The fourth-order valence-corrected chi connectivity index (χ4v) is 6.60. The molecule has 2 fully saturated rings. The van der Waals surface area contributed by atoms with E-state index in [1.165, 1.54) is 19.2 Å². The Bertz CT molecular complexity index is 1030. The largest absolute Gasteiger partial charge is 0.408 e. The van der Waals surface area contributed by atoms with Gasteiger partial charge >= 0.3 is 13.4 Å². The summed E-state index contributed by atoms with van der Waals surface area (Å²) in [6.45, 7) is 4.82. The molecule has 3 rings (SSSR count). The maximum Gasteiger partial charge on any atom is 0.408 e. The number of anilines is 1. The molecule has 0 aliphatic carbocycles. The van der Waals surface area contributed by atoms with Crippen molar-refractivity contribution in [3.05, 3.63) is 22.7 Å². The molecular weight excluding hydrogens is 515 g/mol. The van der Waals surface area contributed by atoms with Crippen molar-refractivity contribution in [1.29, 1.82) is 0 Å². The Balaban J connectivity index is 1.66. The van der Waals surface area contributed by atoms with Gasteiger partial charge in [-0.3, -0.25) is 18.4 Å². The fourth-order valence-electron chi connectivity index (χ4n) is 3.84. The van der Waals surface area contributed by atoms with Crippen molar-refractivity contribution >= 4 is 30.4 Å². The Morgan fingerprint density at radius 1 is 1.39 bits per heavy atom. The van der Waals surface area contributed by atoms with Gasteiger partial charge in [0, 0.05) is 25.0 Å². The molecule has 1 aromatic rings. The molecule has 2 unspecified atom stereocenters. The molecule has 0 bridgehead atoms. The molecule has 0 saturated carbocycles. The second-order valence-corrected chi connectivity index (χ2v) is 12.8. The number of nitrogens with two attached hydrogens (primary N) is 1. The molecule has 0 radical (unpaired) electrons. The van der Waals surface area contributed by atoms with E-state index < -0.39 is 42.9 Å². The lowest BCUT2D eigenvalue weighted by atomic mass is 9.96. The summed E-state index contributed by atoms with van der Waals surface area (Å²) in [6.07, 6.45) is -0.980. The van der Waals surface area contributed by atoms with E-state index in [9.17, 15) is 29.5 Å². The first-order chi connectivity index (χ1) is 16.8. The summed E-state index contributed by atoms with van der Waals surface area (Å²) in [6, 6.07) is 1.36. The molecular formula is C21H35N4O9PS. The van der Waals surface area contributed by atoms with Gasteiger partial charge in [-0.1, -0.05) is 11.8 Å². The van der Waals surface area contributed by atoms with E-state index >= 15 is 0 Å². The number of aliphatic hydroxyl groups excluding tert-OH is 2. The van der Waals surface area contributed by atoms with Crippen LogP contribution in [0, 0.1) is 5.41 Å². The molecule has 204 valence electrons. The van der Waals surface area contributed by atoms with E-state index in [-0.39, 0.29) is 36.5 Å². The first-order valence-corrected chi connectivity index (χ1v) is 14.1. The quantitative estimate of drug-likeness (QED) is 0.219. The summed E-state index contributed by atoms with van der Waals surface area (Å²) in [5.74, 6) is 0.202. The molecule has 15 heteroatoms. The van der Waals surface area contributed by atoms with Gasteiger partial charge in [0.05, 0.1) is 25.2 Å². The number of nitrogens with zero attached hydrogens (tertiary/aromatic N) is 3. The van der Waals surface area contributed by atoms with Gasteiger partial charge in [-0.15, -0.1) is 0 Å². The zero-order valence-electron chi connectivity index (χ0n) is 20.6. The van der Waals surface area contributed by atoms with E-state index in [4.69, 9.17) is 19.5 Å². The van der Waals surface area contributed by atoms with E-state index in [0.717, 1.165) is 29.2 Å². The van der Waals surface area contributed by atoms with Gasteiger partial charge in [-0.05, 0) is 39.7 Å². The summed E-state index contributed by atoms with van der Waals surface area (Å²) in [7, 11) is -3.81. The standard InChI is InChI=1S/C21H35N4O9PS/c1-20(2,13-26)18(28)36-11-10-32-35(31,24-7-4-5-8-24)33-12-14-16(27)21(3,30)17(34-14)25-9-6-15(22)23-19(25)29/h6,9,14,16-17,26-27,30H,4-5,7-8,10-13H2,1-3H3,(H2,22,23,29)/t14-,16?,17-,21+,35?/m1/s1. The van der Waals surface area contributed by atoms with Crippen LogP contribution in [0.15, 0.2) is 17.1 Å². The smallest absolute Gasteiger partial charge is 0.395 e. The van der Waals surface area contributed by atoms with Crippen LogP contribution in [0.3, 0.4) is 0 Å². The highest BCUT2D eigenvalue weighted by Crippen LogP contribution is 2.54. The highest BCUT2D eigenvalue weighted by atomic mass is 32.2. The van der Waals surface area contributed by atoms with Gasteiger partial charge in [-0.25, -0.2) is 14.0 Å². The summed E-state index contributed by atoms with van der Waals surface area (Å²) < 4.78 is 33.3. The third kappa shape index (κ3) is 6.37. The van der Waals surface area contributed by atoms with Crippen molar-refractivity contribution in [2.75, 3.05) is 44.4 Å². The van der Waals surface area contributed by atoms with Crippen LogP contribution >= 0.6 is 19.5 Å². The molecule has 2 aliphatic rings. The second-order valence-electron chi connectivity index (χ2n) is 9.68. The van der Waals surface area contributed by atoms with Crippen LogP contribution in [-0.4, -0.2) is 91.1 Å². The summed E-state index contributed by atoms with van der Waals surface area (Å²) in [5, 5.41) is 30.7. The average molecular weight is 551 g/mol. The predicted molar refractivity (Wildman–Crippen MR) is 132 cm³/mol. The average Bonchev–Trinajstić information content (AvgIpc) is 3.44.